The molecule has 1 heterocycles. The fourth-order valence-corrected chi connectivity index (χ4v) is 2.34. The molecular formula is C18H15N3O2. The summed E-state index contributed by atoms with van der Waals surface area (Å²) in [6.07, 6.45) is 0. The van der Waals surface area contributed by atoms with Gasteiger partial charge in [-0.2, -0.15) is 0 Å². The highest BCUT2D eigenvalue weighted by Crippen LogP contribution is 2.17. The Bertz CT molecular complexity index is 902. The number of carbonyl (C=O) groups is 2. The first-order valence-electron chi connectivity index (χ1n) is 7.20. The molecule has 1 N–H and O–H groups in total. The van der Waals surface area contributed by atoms with Crippen molar-refractivity contribution < 1.29 is 9.59 Å². The van der Waals surface area contributed by atoms with E-state index in [2.05, 4.69) is 15.3 Å². The Morgan fingerprint density at radius 1 is 0.957 bits per heavy atom. The number of Topliss-reactive ketones (excluding diaryl/α,β-unsaturated/α-hetero) is 1. The second-order valence-corrected chi connectivity index (χ2v) is 5.22. The van der Waals surface area contributed by atoms with Crippen molar-refractivity contribution in [1.29, 1.82) is 0 Å². The number of rotatable bonds is 3. The Morgan fingerprint density at radius 2 is 1.65 bits per heavy atom. The number of para-hydroxylation sites is 1. The summed E-state index contributed by atoms with van der Waals surface area (Å²) < 4.78 is 0. The summed E-state index contributed by atoms with van der Waals surface area (Å²) >= 11 is 0. The molecule has 0 saturated heterocycles. The number of nitrogens with zero attached hydrogens (tertiary/aromatic N) is 2. The summed E-state index contributed by atoms with van der Waals surface area (Å²) in [5.41, 5.74) is 2.28. The number of carbonyl (C=O) groups excluding carboxylic acids is 2. The van der Waals surface area contributed by atoms with Gasteiger partial charge in [0.2, 0.25) is 0 Å². The van der Waals surface area contributed by atoms with Crippen LogP contribution in [0.3, 0.4) is 0 Å². The van der Waals surface area contributed by atoms with E-state index in [1.807, 2.05) is 24.3 Å². The highest BCUT2D eigenvalue weighted by Gasteiger charge is 2.14. The van der Waals surface area contributed by atoms with E-state index in [1.54, 1.807) is 31.2 Å². The summed E-state index contributed by atoms with van der Waals surface area (Å²) in [4.78, 5) is 32.4. The zero-order valence-electron chi connectivity index (χ0n) is 12.8. The van der Waals surface area contributed by atoms with Gasteiger partial charge in [0, 0.05) is 16.6 Å². The van der Waals surface area contributed by atoms with Gasteiger partial charge < -0.3 is 5.32 Å². The Balaban J connectivity index is 1.93. The lowest BCUT2D eigenvalue weighted by molar-refractivity contribution is 0.101. The molecule has 2 aromatic carbocycles. The van der Waals surface area contributed by atoms with E-state index in [0.29, 0.717) is 28.2 Å². The van der Waals surface area contributed by atoms with E-state index >= 15 is 0 Å². The van der Waals surface area contributed by atoms with Crippen LogP contribution in [-0.4, -0.2) is 21.7 Å². The number of aryl methyl sites for hydroxylation is 1. The van der Waals surface area contributed by atoms with Gasteiger partial charge in [0.05, 0.1) is 5.52 Å². The van der Waals surface area contributed by atoms with Gasteiger partial charge in [-0.25, -0.2) is 9.97 Å². The second-order valence-electron chi connectivity index (χ2n) is 5.22. The summed E-state index contributed by atoms with van der Waals surface area (Å²) in [5.74, 6) is 0.225. The van der Waals surface area contributed by atoms with Crippen molar-refractivity contribution in [1.82, 2.24) is 9.97 Å². The Morgan fingerprint density at radius 3 is 2.35 bits per heavy atom. The number of fused-ring (bicyclic) bond motifs is 1. The van der Waals surface area contributed by atoms with Crippen LogP contribution < -0.4 is 5.32 Å². The van der Waals surface area contributed by atoms with Gasteiger partial charge in [-0.15, -0.1) is 0 Å². The van der Waals surface area contributed by atoms with Crippen LogP contribution >= 0.6 is 0 Å². The number of aromatic nitrogens is 2. The monoisotopic (exact) mass is 305 g/mol. The van der Waals surface area contributed by atoms with Crippen molar-refractivity contribution in [3.05, 3.63) is 65.6 Å². The molecule has 0 aliphatic rings. The van der Waals surface area contributed by atoms with Crippen LogP contribution in [0.25, 0.3) is 10.9 Å². The zero-order valence-corrected chi connectivity index (χ0v) is 12.8. The van der Waals surface area contributed by atoms with Crippen molar-refractivity contribution in [2.75, 3.05) is 5.32 Å². The van der Waals surface area contributed by atoms with Crippen molar-refractivity contribution in [3.8, 4) is 0 Å². The van der Waals surface area contributed by atoms with Gasteiger partial charge in [0.25, 0.3) is 5.91 Å². The molecule has 5 heteroatoms. The topological polar surface area (TPSA) is 72.0 Å². The van der Waals surface area contributed by atoms with Crippen LogP contribution in [0, 0.1) is 6.92 Å². The molecule has 0 fully saturated rings. The number of hydrogen-bond donors (Lipinski definition) is 1. The first-order valence-corrected chi connectivity index (χ1v) is 7.20. The van der Waals surface area contributed by atoms with Crippen molar-refractivity contribution in [2.45, 2.75) is 13.8 Å². The molecule has 3 rings (SSSR count). The first-order chi connectivity index (χ1) is 11.0. The van der Waals surface area contributed by atoms with E-state index in [-0.39, 0.29) is 11.7 Å². The number of nitrogens with one attached hydrogen (secondary N) is 1. The van der Waals surface area contributed by atoms with Gasteiger partial charge in [-0.3, -0.25) is 9.59 Å². The van der Waals surface area contributed by atoms with Crippen LogP contribution in [-0.2, 0) is 0 Å². The largest absolute Gasteiger partial charge is 0.321 e. The molecule has 23 heavy (non-hydrogen) atoms. The molecule has 114 valence electrons. The zero-order chi connectivity index (χ0) is 16.4. The first kappa shape index (κ1) is 14.8. The molecule has 0 bridgehead atoms. The minimum absolute atomic E-state index is 0.0136. The Labute approximate surface area is 133 Å². The van der Waals surface area contributed by atoms with E-state index in [1.165, 1.54) is 6.92 Å². The Kier molecular flexibility index (Phi) is 3.85. The van der Waals surface area contributed by atoms with E-state index in [9.17, 15) is 9.59 Å². The molecule has 0 aliphatic carbocycles. The predicted molar refractivity (Wildman–Crippen MR) is 88.7 cm³/mol. The van der Waals surface area contributed by atoms with E-state index in [4.69, 9.17) is 0 Å². The average Bonchev–Trinajstić information content (AvgIpc) is 2.54. The summed E-state index contributed by atoms with van der Waals surface area (Å²) in [5, 5.41) is 3.51. The van der Waals surface area contributed by atoms with Gasteiger partial charge in [0.1, 0.15) is 11.5 Å². The van der Waals surface area contributed by atoms with Gasteiger partial charge in [0.15, 0.2) is 5.78 Å². The number of benzene rings is 2. The lowest BCUT2D eigenvalue weighted by atomic mass is 10.1. The quantitative estimate of drug-likeness (QED) is 0.753. The van der Waals surface area contributed by atoms with Gasteiger partial charge in [-0.05, 0) is 44.2 Å². The SMILES string of the molecule is CC(=O)c1ccc(NC(=O)c2nc(C)nc3ccccc23)cc1. The third kappa shape index (κ3) is 3.08. The maximum absolute atomic E-state index is 12.5. The van der Waals surface area contributed by atoms with Crippen LogP contribution in [0.15, 0.2) is 48.5 Å². The van der Waals surface area contributed by atoms with Gasteiger partial charge >= 0.3 is 0 Å². The molecule has 3 aromatic rings. The average molecular weight is 305 g/mol. The minimum Gasteiger partial charge on any atom is -0.321 e. The molecule has 0 saturated carbocycles. The molecule has 0 unspecified atom stereocenters. The fraction of sp³-hybridized carbons (Fsp3) is 0.111. The van der Waals surface area contributed by atoms with E-state index in [0.717, 1.165) is 5.52 Å². The highest BCUT2D eigenvalue weighted by molar-refractivity contribution is 6.10. The third-order valence-corrected chi connectivity index (χ3v) is 3.48. The van der Waals surface area contributed by atoms with Crippen molar-refractivity contribution in [3.63, 3.8) is 0 Å². The number of hydrogen-bond acceptors (Lipinski definition) is 4. The van der Waals surface area contributed by atoms with Crippen molar-refractivity contribution >= 4 is 28.3 Å². The molecule has 0 aliphatic heterocycles. The molecular weight excluding hydrogens is 290 g/mol. The number of ketones is 1. The predicted octanol–water partition coefficient (Wildman–Crippen LogP) is 3.39. The maximum Gasteiger partial charge on any atom is 0.275 e. The summed E-state index contributed by atoms with van der Waals surface area (Å²) in [6, 6.07) is 14.2. The number of amides is 1. The lowest BCUT2D eigenvalue weighted by Gasteiger charge is -2.08. The maximum atomic E-state index is 12.5. The fourth-order valence-electron chi connectivity index (χ4n) is 2.34. The molecule has 0 radical (unpaired) electrons. The van der Waals surface area contributed by atoms with Crippen molar-refractivity contribution in [2.24, 2.45) is 0 Å². The molecule has 1 aromatic heterocycles. The van der Waals surface area contributed by atoms with Gasteiger partial charge in [-0.1, -0.05) is 18.2 Å². The van der Waals surface area contributed by atoms with Crippen LogP contribution in [0.4, 0.5) is 5.69 Å². The minimum atomic E-state index is -0.303. The lowest BCUT2D eigenvalue weighted by Crippen LogP contribution is -2.15. The Hall–Kier alpha value is -3.08. The smallest absolute Gasteiger partial charge is 0.275 e. The van der Waals surface area contributed by atoms with E-state index < -0.39 is 0 Å². The standard InChI is InChI=1S/C18H15N3O2/c1-11(22)13-7-9-14(10-8-13)21-18(23)17-15-5-3-4-6-16(15)19-12(2)20-17/h3-10H,1-2H3,(H,21,23). The molecule has 0 spiro atoms. The molecule has 0 atom stereocenters. The highest BCUT2D eigenvalue weighted by atomic mass is 16.2. The summed E-state index contributed by atoms with van der Waals surface area (Å²) in [7, 11) is 0. The third-order valence-electron chi connectivity index (χ3n) is 3.48. The number of anilines is 1. The second kappa shape index (κ2) is 5.96. The van der Waals surface area contributed by atoms with Crippen LogP contribution in [0.1, 0.15) is 33.6 Å². The molecule has 1 amide bonds. The molecule has 5 nitrogen and oxygen atoms in total. The normalized spacial score (nSPS) is 10.5. The summed E-state index contributed by atoms with van der Waals surface area (Å²) in [6.45, 7) is 3.26. The van der Waals surface area contributed by atoms with Crippen LogP contribution in [0.2, 0.25) is 0 Å². The van der Waals surface area contributed by atoms with Crippen LogP contribution in [0.5, 0.6) is 0 Å².